The molecule has 295 valence electrons. The number of sulfonamides is 2. The number of halogens is 2. The van der Waals surface area contributed by atoms with Crippen LogP contribution in [-0.4, -0.2) is 50.5 Å². The maximum absolute atomic E-state index is 12.6. The molecule has 0 saturated heterocycles. The van der Waals surface area contributed by atoms with Gasteiger partial charge in [-0.1, -0.05) is 59.0 Å². The molecule has 2 heterocycles. The molecule has 0 spiro atoms. The smallest absolute Gasteiger partial charge is 0.871 e. The van der Waals surface area contributed by atoms with E-state index in [1.165, 1.54) is 35.6 Å². The fraction of sp³-hybridized carbons (Fsp3) is 0.118. The van der Waals surface area contributed by atoms with E-state index < -0.39 is 42.7 Å². The normalized spacial score (nSPS) is 11.6. The van der Waals surface area contributed by atoms with Crippen LogP contribution in [0.2, 0.25) is 10.0 Å². The van der Waals surface area contributed by atoms with Gasteiger partial charge in [0.2, 0.25) is 20.0 Å². The van der Waals surface area contributed by atoms with E-state index in [4.69, 9.17) is 23.2 Å². The quantitative estimate of drug-likeness (QED) is 0.117. The second kappa shape index (κ2) is 20.1. The van der Waals surface area contributed by atoms with Gasteiger partial charge in [-0.2, -0.15) is 10.2 Å². The van der Waals surface area contributed by atoms with Gasteiger partial charge in [0.1, 0.15) is 0 Å². The van der Waals surface area contributed by atoms with E-state index in [1.54, 1.807) is 62.4 Å². The first-order valence-electron chi connectivity index (χ1n) is 15.9. The predicted molar refractivity (Wildman–Crippen MR) is 205 cm³/mol. The van der Waals surface area contributed by atoms with Crippen LogP contribution < -0.4 is 60.3 Å². The summed E-state index contributed by atoms with van der Waals surface area (Å²) in [7, 11) is -4.99. The van der Waals surface area contributed by atoms with Crippen molar-refractivity contribution in [1.29, 1.82) is 0 Å². The van der Waals surface area contributed by atoms with E-state index in [-0.39, 0.29) is 79.5 Å². The Kier molecular flexibility index (Phi) is 16.6. The molecule has 2 aromatic heterocycles. The van der Waals surface area contributed by atoms with Gasteiger partial charge in [-0.3, -0.25) is 19.8 Å². The Balaban J connectivity index is 0.000000300. The molecule has 58 heavy (non-hydrogen) atoms. The zero-order chi connectivity index (χ0) is 40.9. The minimum absolute atomic E-state index is 0. The molecule has 24 heteroatoms. The topological polar surface area (TPSA) is 263 Å². The van der Waals surface area contributed by atoms with E-state index >= 15 is 0 Å². The SMILES string of the molecule is CNS(=O)(=O)c1ccc([O-])c(N=Nc2c(C)[nH]n(-c3cccc(Cl)c3)c2=O)c1.CNS(=O)(=O)c1ccc([O-])c(N=Nc2c(C)[nH]n(-c3cccc(Cl)c3)c2=O)c1.[Cr+3].[Na+]. The molecule has 0 amide bonds. The number of H-pyrrole nitrogens is 2. The van der Waals surface area contributed by atoms with Crippen molar-refractivity contribution in [1.82, 2.24) is 29.0 Å². The van der Waals surface area contributed by atoms with Crippen molar-refractivity contribution < 1.29 is 74.0 Å². The third-order valence-corrected chi connectivity index (χ3v) is 11.0. The predicted octanol–water partition coefficient (Wildman–Crippen LogP) is 2.05. The third kappa shape index (κ3) is 11.0. The monoisotopic (exact) mass is 915 g/mol. The van der Waals surface area contributed by atoms with Gasteiger partial charge in [0, 0.05) is 10.0 Å². The minimum atomic E-state index is -3.75. The Morgan fingerprint density at radius 1 is 0.603 bits per heavy atom. The van der Waals surface area contributed by atoms with Crippen molar-refractivity contribution in [3.05, 3.63) is 127 Å². The molecule has 0 fully saturated rings. The number of nitrogens with one attached hydrogen (secondary N) is 4. The third-order valence-electron chi connectivity index (χ3n) is 7.75. The Bertz CT molecular complexity index is 2670. The first kappa shape index (κ1) is 48.0. The van der Waals surface area contributed by atoms with Crippen LogP contribution in [0.15, 0.2) is 125 Å². The largest absolute Gasteiger partial charge is 3.00 e. The second-order valence-corrected chi connectivity index (χ2v) is 16.1. The number of hydrogen-bond acceptors (Lipinski definition) is 12. The molecular weight excluding hydrogens is 886 g/mol. The molecule has 0 unspecified atom stereocenters. The Morgan fingerprint density at radius 3 is 1.29 bits per heavy atom. The Morgan fingerprint density at radius 2 is 0.966 bits per heavy atom. The fourth-order valence-electron chi connectivity index (χ4n) is 4.83. The van der Waals surface area contributed by atoms with E-state index in [0.717, 1.165) is 24.3 Å². The average molecular weight is 917 g/mol. The Labute approximate surface area is 374 Å². The van der Waals surface area contributed by atoms with Crippen molar-refractivity contribution >= 4 is 66.0 Å². The number of azo groups is 2. The molecular formula is C34H30Cl2CrN10NaO8S2+2. The van der Waals surface area contributed by atoms with Crippen LogP contribution in [0, 0.1) is 13.8 Å². The van der Waals surface area contributed by atoms with Gasteiger partial charge >= 0.3 is 46.9 Å². The van der Waals surface area contributed by atoms with Crippen LogP contribution in [0.3, 0.4) is 0 Å². The number of aryl methyl sites for hydroxylation is 2. The van der Waals surface area contributed by atoms with Crippen molar-refractivity contribution in [2.24, 2.45) is 20.5 Å². The van der Waals surface area contributed by atoms with Gasteiger partial charge in [0.25, 0.3) is 11.1 Å². The Hall–Kier alpha value is -4.37. The van der Waals surface area contributed by atoms with E-state index in [2.05, 4.69) is 40.1 Å². The van der Waals surface area contributed by atoms with Crippen LogP contribution in [-0.2, 0) is 37.4 Å². The molecule has 0 atom stereocenters. The number of rotatable bonds is 10. The molecule has 0 bridgehead atoms. The molecule has 0 aliphatic carbocycles. The maximum atomic E-state index is 12.6. The van der Waals surface area contributed by atoms with Crippen LogP contribution in [0.25, 0.3) is 11.4 Å². The van der Waals surface area contributed by atoms with Gasteiger partial charge in [-0.25, -0.2) is 35.6 Å². The van der Waals surface area contributed by atoms with Crippen molar-refractivity contribution in [3.8, 4) is 22.9 Å². The number of benzene rings is 4. The maximum Gasteiger partial charge on any atom is 3.00 e. The van der Waals surface area contributed by atoms with Gasteiger partial charge in [0.15, 0.2) is 11.4 Å². The summed E-state index contributed by atoms with van der Waals surface area (Å²) in [4.78, 5) is 25.0. The zero-order valence-corrected chi connectivity index (χ0v) is 37.4. The van der Waals surface area contributed by atoms with Crippen LogP contribution >= 0.6 is 23.2 Å². The summed E-state index contributed by atoms with van der Waals surface area (Å²) in [5, 5.41) is 45.9. The van der Waals surface area contributed by atoms with E-state index in [9.17, 15) is 36.6 Å². The zero-order valence-electron chi connectivity index (χ0n) is 31.0. The summed E-state index contributed by atoms with van der Waals surface area (Å²) >= 11 is 11.9. The molecule has 4 aromatic carbocycles. The summed E-state index contributed by atoms with van der Waals surface area (Å²) in [5.74, 6) is -1.05. The van der Waals surface area contributed by atoms with Gasteiger partial charge < -0.3 is 10.2 Å². The van der Waals surface area contributed by atoms with E-state index in [0.29, 0.717) is 32.8 Å². The second-order valence-electron chi connectivity index (χ2n) is 11.5. The summed E-state index contributed by atoms with van der Waals surface area (Å²) in [5.41, 5.74) is 0.436. The summed E-state index contributed by atoms with van der Waals surface area (Å²) in [6.45, 7) is 3.24. The summed E-state index contributed by atoms with van der Waals surface area (Å²) in [6.07, 6.45) is 0. The molecule has 4 N–H and O–H groups in total. The molecule has 6 rings (SSSR count). The minimum Gasteiger partial charge on any atom is -0.871 e. The number of nitrogens with zero attached hydrogens (tertiary/aromatic N) is 6. The summed E-state index contributed by atoms with van der Waals surface area (Å²) in [6, 6.07) is 20.0. The van der Waals surface area contributed by atoms with Crippen molar-refractivity contribution in [2.75, 3.05) is 14.1 Å². The number of aromatic amines is 2. The summed E-state index contributed by atoms with van der Waals surface area (Å²) < 4.78 is 54.3. The molecule has 18 nitrogen and oxygen atoms in total. The van der Waals surface area contributed by atoms with Crippen LogP contribution in [0.5, 0.6) is 11.5 Å². The molecule has 6 aromatic rings. The first-order valence-corrected chi connectivity index (χ1v) is 19.7. The number of aromatic nitrogens is 4. The molecule has 0 aliphatic rings. The molecule has 0 aliphatic heterocycles. The molecule has 0 saturated carbocycles. The van der Waals surface area contributed by atoms with E-state index in [1.807, 2.05) is 0 Å². The van der Waals surface area contributed by atoms with Crippen molar-refractivity contribution in [2.45, 2.75) is 23.6 Å². The standard InChI is InChI=1S/2C17H16ClN5O4S.Cr.Na/c2*1-10-16(17(25)23(22-10)12-5-3-4-11(18)8-12)21-20-14-9-13(6-7-15(14)24)28(26,27)19-2;;/h2*3-9,19,22,24H,1-2H3;;/q;;+3;+1/p-2. The van der Waals surface area contributed by atoms with Gasteiger partial charge in [-0.15, -0.1) is 10.2 Å². The van der Waals surface area contributed by atoms with Gasteiger partial charge in [0.05, 0.1) is 43.9 Å². The molecule has 1 radical (unpaired) electrons. The fourth-order valence-corrected chi connectivity index (χ4v) is 6.70. The van der Waals surface area contributed by atoms with Gasteiger partial charge in [-0.05, 0) is 88.6 Å². The van der Waals surface area contributed by atoms with Crippen LogP contribution in [0.4, 0.5) is 22.7 Å². The first-order chi connectivity index (χ1) is 26.4. The number of hydrogen-bond donors (Lipinski definition) is 4. The average Bonchev–Trinajstić information content (AvgIpc) is 3.62. The van der Waals surface area contributed by atoms with Crippen LogP contribution in [0.1, 0.15) is 11.4 Å². The van der Waals surface area contributed by atoms with Crippen molar-refractivity contribution in [3.63, 3.8) is 0 Å².